The van der Waals surface area contributed by atoms with Crippen LogP contribution in [-0.2, 0) is 12.6 Å². The van der Waals surface area contributed by atoms with Gasteiger partial charge in [0.25, 0.3) is 0 Å². The van der Waals surface area contributed by atoms with Gasteiger partial charge in [0.15, 0.2) is 0 Å². The zero-order valence-electron chi connectivity index (χ0n) is 9.78. The van der Waals surface area contributed by atoms with E-state index >= 15 is 0 Å². The third kappa shape index (κ3) is 2.91. The topological polar surface area (TPSA) is 36.7 Å². The van der Waals surface area contributed by atoms with E-state index in [4.69, 9.17) is 5.26 Å². The van der Waals surface area contributed by atoms with Crippen molar-refractivity contribution in [3.63, 3.8) is 0 Å². The van der Waals surface area contributed by atoms with Crippen LogP contribution >= 0.6 is 0 Å². The molecule has 0 aliphatic heterocycles. The third-order valence-electron chi connectivity index (χ3n) is 2.69. The van der Waals surface area contributed by atoms with Crippen LogP contribution in [0.3, 0.4) is 0 Å². The zero-order valence-corrected chi connectivity index (χ0v) is 9.78. The number of halogens is 3. The smallest absolute Gasteiger partial charge is 0.265 e. The molecule has 0 spiro atoms. The summed E-state index contributed by atoms with van der Waals surface area (Å²) in [5, 5.41) is 8.64. The van der Waals surface area contributed by atoms with E-state index < -0.39 is 11.7 Å². The van der Waals surface area contributed by atoms with Crippen LogP contribution in [0.25, 0.3) is 11.1 Å². The van der Waals surface area contributed by atoms with Gasteiger partial charge in [-0.15, -0.1) is 0 Å². The number of hydrogen-bond acceptors (Lipinski definition) is 2. The lowest BCUT2D eigenvalue weighted by atomic mass is 9.98. The largest absolute Gasteiger partial charge is 0.416 e. The summed E-state index contributed by atoms with van der Waals surface area (Å²) in [5.74, 6) is 0. The minimum atomic E-state index is -4.44. The van der Waals surface area contributed by atoms with Gasteiger partial charge in [-0.25, -0.2) is 0 Å². The number of benzene rings is 1. The van der Waals surface area contributed by atoms with E-state index in [2.05, 4.69) is 4.98 Å². The lowest BCUT2D eigenvalue weighted by molar-refractivity contribution is -0.138. The van der Waals surface area contributed by atoms with Crippen molar-refractivity contribution in [1.29, 1.82) is 5.26 Å². The van der Waals surface area contributed by atoms with Crippen LogP contribution in [0.2, 0.25) is 0 Å². The second kappa shape index (κ2) is 5.11. The Kier molecular flexibility index (Phi) is 3.52. The molecule has 96 valence electrons. The molecule has 0 bridgehead atoms. The van der Waals surface area contributed by atoms with Crippen molar-refractivity contribution in [2.75, 3.05) is 0 Å². The summed E-state index contributed by atoms with van der Waals surface area (Å²) in [7, 11) is 0. The molecule has 0 fully saturated rings. The number of aromatic nitrogens is 1. The number of rotatable bonds is 2. The Morgan fingerprint density at radius 1 is 1.05 bits per heavy atom. The third-order valence-corrected chi connectivity index (χ3v) is 2.69. The van der Waals surface area contributed by atoms with Crippen molar-refractivity contribution in [3.05, 3.63) is 53.9 Å². The van der Waals surface area contributed by atoms with Crippen molar-refractivity contribution >= 4 is 0 Å². The molecule has 0 radical (unpaired) electrons. The van der Waals surface area contributed by atoms with Gasteiger partial charge in [-0.1, -0.05) is 6.07 Å². The van der Waals surface area contributed by atoms with Crippen LogP contribution in [0.4, 0.5) is 13.2 Å². The Morgan fingerprint density at radius 3 is 2.32 bits per heavy atom. The fourth-order valence-corrected chi connectivity index (χ4v) is 1.83. The number of alkyl halides is 3. The maximum Gasteiger partial charge on any atom is 0.416 e. The number of nitriles is 1. The molecule has 0 atom stereocenters. The van der Waals surface area contributed by atoms with Crippen LogP contribution in [0, 0.1) is 11.3 Å². The normalized spacial score (nSPS) is 11.1. The zero-order chi connectivity index (χ0) is 13.9. The minimum Gasteiger partial charge on any atom is -0.265 e. The maximum absolute atomic E-state index is 12.8. The minimum absolute atomic E-state index is 0.00990. The quantitative estimate of drug-likeness (QED) is 0.824. The second-order valence-electron chi connectivity index (χ2n) is 3.94. The number of nitrogens with zero attached hydrogens (tertiary/aromatic N) is 2. The van der Waals surface area contributed by atoms with Gasteiger partial charge in [0, 0.05) is 12.4 Å². The van der Waals surface area contributed by atoms with Gasteiger partial charge in [0.1, 0.15) is 0 Å². The molecule has 2 aromatic rings. The van der Waals surface area contributed by atoms with Crippen molar-refractivity contribution in [2.45, 2.75) is 12.6 Å². The van der Waals surface area contributed by atoms with Crippen LogP contribution in [0.15, 0.2) is 42.7 Å². The molecule has 0 saturated heterocycles. The molecule has 19 heavy (non-hydrogen) atoms. The lowest BCUT2D eigenvalue weighted by Crippen LogP contribution is -2.09. The summed E-state index contributed by atoms with van der Waals surface area (Å²) in [4.78, 5) is 3.85. The van der Waals surface area contributed by atoms with Gasteiger partial charge in [0.05, 0.1) is 18.1 Å². The Labute approximate surface area is 108 Å². The van der Waals surface area contributed by atoms with Crippen molar-refractivity contribution < 1.29 is 13.2 Å². The first kappa shape index (κ1) is 13.1. The fraction of sp³-hybridized carbons (Fsp3) is 0.143. The van der Waals surface area contributed by atoms with E-state index in [1.807, 2.05) is 0 Å². The highest BCUT2D eigenvalue weighted by Crippen LogP contribution is 2.34. The lowest BCUT2D eigenvalue weighted by Gasteiger charge is -2.12. The molecular weight excluding hydrogens is 253 g/mol. The average Bonchev–Trinajstić information content (AvgIpc) is 2.39. The van der Waals surface area contributed by atoms with Gasteiger partial charge in [-0.3, -0.25) is 4.98 Å². The van der Waals surface area contributed by atoms with E-state index in [1.165, 1.54) is 12.1 Å². The van der Waals surface area contributed by atoms with Crippen molar-refractivity contribution in [3.8, 4) is 17.2 Å². The van der Waals surface area contributed by atoms with Crippen molar-refractivity contribution in [2.24, 2.45) is 0 Å². The van der Waals surface area contributed by atoms with Gasteiger partial charge in [-0.2, -0.15) is 18.4 Å². The molecule has 0 aliphatic carbocycles. The second-order valence-corrected chi connectivity index (χ2v) is 3.94. The SMILES string of the molecule is N#CCc1cc(-c2ccncc2)ccc1C(F)(F)F. The van der Waals surface area contributed by atoms with Crippen molar-refractivity contribution in [1.82, 2.24) is 4.98 Å². The van der Waals surface area contributed by atoms with Crippen LogP contribution < -0.4 is 0 Å². The first-order valence-corrected chi connectivity index (χ1v) is 5.50. The highest BCUT2D eigenvalue weighted by molar-refractivity contribution is 5.64. The molecule has 0 amide bonds. The Balaban J connectivity index is 2.52. The molecule has 0 unspecified atom stereocenters. The maximum atomic E-state index is 12.8. The summed E-state index contributed by atoms with van der Waals surface area (Å²) in [6, 6.07) is 9.00. The van der Waals surface area contributed by atoms with Crippen LogP contribution in [0.1, 0.15) is 11.1 Å². The molecule has 1 aromatic heterocycles. The van der Waals surface area contributed by atoms with E-state index in [0.717, 1.165) is 11.6 Å². The molecule has 2 nitrogen and oxygen atoms in total. The van der Waals surface area contributed by atoms with E-state index in [1.54, 1.807) is 30.6 Å². The first-order valence-electron chi connectivity index (χ1n) is 5.50. The van der Waals surface area contributed by atoms with Crippen LogP contribution in [-0.4, -0.2) is 4.98 Å². The molecule has 2 rings (SSSR count). The van der Waals surface area contributed by atoms with Gasteiger partial charge in [-0.05, 0) is 41.0 Å². The predicted octanol–water partition coefficient (Wildman–Crippen LogP) is 3.83. The monoisotopic (exact) mass is 262 g/mol. The summed E-state index contributed by atoms with van der Waals surface area (Å²) in [6.07, 6.45) is -1.58. The Morgan fingerprint density at radius 2 is 1.74 bits per heavy atom. The standard InChI is InChI=1S/C14H9F3N2/c15-14(16,17)13-2-1-11(9-12(13)3-6-18)10-4-7-19-8-5-10/h1-2,4-5,7-9H,3H2. The van der Waals surface area contributed by atoms with Crippen LogP contribution in [0.5, 0.6) is 0 Å². The summed E-state index contributed by atoms with van der Waals surface area (Å²) in [6.45, 7) is 0. The van der Waals surface area contributed by atoms with E-state index in [-0.39, 0.29) is 12.0 Å². The Hall–Kier alpha value is -2.35. The van der Waals surface area contributed by atoms with Gasteiger partial charge >= 0.3 is 6.18 Å². The number of hydrogen-bond donors (Lipinski definition) is 0. The molecule has 0 aliphatic rings. The molecule has 1 aromatic carbocycles. The van der Waals surface area contributed by atoms with Gasteiger partial charge < -0.3 is 0 Å². The molecule has 0 saturated carbocycles. The highest BCUT2D eigenvalue weighted by atomic mass is 19.4. The summed E-state index contributed by atoms with van der Waals surface area (Å²) < 4.78 is 38.4. The molecule has 0 N–H and O–H groups in total. The molecule has 1 heterocycles. The first-order chi connectivity index (χ1) is 9.02. The van der Waals surface area contributed by atoms with E-state index in [9.17, 15) is 13.2 Å². The summed E-state index contributed by atoms with van der Waals surface area (Å²) >= 11 is 0. The molecule has 5 heteroatoms. The van der Waals surface area contributed by atoms with Gasteiger partial charge in [0.2, 0.25) is 0 Å². The highest BCUT2D eigenvalue weighted by Gasteiger charge is 2.33. The fourth-order valence-electron chi connectivity index (χ4n) is 1.83. The Bertz CT molecular complexity index is 613. The van der Waals surface area contributed by atoms with E-state index in [0.29, 0.717) is 5.56 Å². The predicted molar refractivity (Wildman–Crippen MR) is 64.0 cm³/mol. The molecular formula is C14H9F3N2. The summed E-state index contributed by atoms with van der Waals surface area (Å²) in [5.41, 5.74) is 0.639. The average molecular weight is 262 g/mol. The number of pyridine rings is 1.